The second kappa shape index (κ2) is 14.4. The first-order valence-corrected chi connectivity index (χ1v) is 22.4. The molecule has 4 aliphatic heterocycles. The molecule has 0 aliphatic carbocycles. The normalized spacial score (nSPS) is 24.1. The molecule has 2 unspecified atom stereocenters. The molecule has 2 aromatic heterocycles. The van der Waals surface area contributed by atoms with E-state index in [1.165, 1.54) is 18.2 Å². The number of anilines is 1. The molecular formula is C42H50ClF3N6O2Si. The summed E-state index contributed by atoms with van der Waals surface area (Å²) in [5.74, 6) is 2.19. The van der Waals surface area contributed by atoms with E-state index in [1.54, 1.807) is 6.07 Å². The van der Waals surface area contributed by atoms with Gasteiger partial charge in [0.05, 0.1) is 16.5 Å². The molecule has 4 atom stereocenters. The SMILES string of the molecule is CC(C)[Si](C#Cc1c(F)ccc2cc(O)cc(-c3nc(Cl)c4c(N5CC6CCC(C5)N6)nc(OC[C@@]56CCCN5C[C@H](F)C6)nc4c3F)c12)(C(C)C)C(C)C. The van der Waals surface area contributed by atoms with Gasteiger partial charge >= 0.3 is 6.01 Å². The molecule has 8 nitrogen and oxygen atoms in total. The Morgan fingerprint density at radius 1 is 1.00 bits per heavy atom. The summed E-state index contributed by atoms with van der Waals surface area (Å²) in [6.07, 6.45) is 3.21. The van der Waals surface area contributed by atoms with Crippen molar-refractivity contribution in [2.45, 2.75) is 114 Å². The first-order chi connectivity index (χ1) is 26.2. The van der Waals surface area contributed by atoms with Gasteiger partial charge in [0, 0.05) is 49.1 Å². The highest BCUT2D eigenvalue weighted by Gasteiger charge is 2.49. The van der Waals surface area contributed by atoms with Gasteiger partial charge in [-0.1, -0.05) is 65.1 Å². The van der Waals surface area contributed by atoms with Gasteiger partial charge in [0.15, 0.2) is 5.82 Å². The number of aromatic nitrogens is 3. The molecule has 4 aliphatic rings. The van der Waals surface area contributed by atoms with Crippen LogP contribution in [0.3, 0.4) is 0 Å². The van der Waals surface area contributed by atoms with Crippen LogP contribution in [0.15, 0.2) is 24.3 Å². The third-order valence-corrected chi connectivity index (χ3v) is 19.6. The Morgan fingerprint density at radius 3 is 2.40 bits per heavy atom. The fraction of sp³-hybridized carbons (Fsp3) is 0.548. The van der Waals surface area contributed by atoms with E-state index in [0.29, 0.717) is 59.3 Å². The van der Waals surface area contributed by atoms with E-state index >= 15 is 8.78 Å². The molecule has 0 spiro atoms. The molecule has 2 aromatic carbocycles. The number of hydrogen-bond acceptors (Lipinski definition) is 8. The zero-order valence-electron chi connectivity index (χ0n) is 32.4. The maximum absolute atomic E-state index is 17.5. The molecule has 0 amide bonds. The van der Waals surface area contributed by atoms with E-state index in [2.05, 4.69) is 78.1 Å². The molecule has 292 valence electrons. The number of aromatic hydroxyl groups is 1. The largest absolute Gasteiger partial charge is 0.508 e. The summed E-state index contributed by atoms with van der Waals surface area (Å²) in [7, 11) is -2.30. The number of nitrogens with zero attached hydrogens (tertiary/aromatic N) is 5. The quantitative estimate of drug-likeness (QED) is 0.104. The topological polar surface area (TPSA) is 86.6 Å². The number of fused-ring (bicyclic) bond motifs is 5. The minimum absolute atomic E-state index is 0.0261. The fourth-order valence-corrected chi connectivity index (χ4v) is 16.0. The van der Waals surface area contributed by atoms with Crippen LogP contribution in [-0.2, 0) is 0 Å². The summed E-state index contributed by atoms with van der Waals surface area (Å²) in [5, 5.41) is 15.6. The lowest BCUT2D eigenvalue weighted by molar-refractivity contribution is 0.107. The van der Waals surface area contributed by atoms with Crippen molar-refractivity contribution < 1.29 is 23.0 Å². The number of alkyl halides is 1. The van der Waals surface area contributed by atoms with Crippen LogP contribution in [0.25, 0.3) is 32.9 Å². The third kappa shape index (κ3) is 6.53. The number of nitrogens with one attached hydrogen (secondary N) is 1. The molecule has 0 saturated carbocycles. The Balaban J connectivity index is 1.31. The van der Waals surface area contributed by atoms with Crippen molar-refractivity contribution in [1.29, 1.82) is 0 Å². The number of benzene rings is 2. The van der Waals surface area contributed by atoms with Crippen molar-refractivity contribution in [1.82, 2.24) is 25.2 Å². The third-order valence-electron chi connectivity index (χ3n) is 13.0. The van der Waals surface area contributed by atoms with Gasteiger partial charge in [-0.15, -0.1) is 5.54 Å². The Morgan fingerprint density at radius 2 is 1.71 bits per heavy atom. The summed E-state index contributed by atoms with van der Waals surface area (Å²) in [4.78, 5) is 18.4. The van der Waals surface area contributed by atoms with Crippen LogP contribution < -0.4 is 15.0 Å². The van der Waals surface area contributed by atoms with Gasteiger partial charge in [-0.05, 0) is 72.4 Å². The first kappa shape index (κ1) is 38.3. The van der Waals surface area contributed by atoms with Gasteiger partial charge in [0.2, 0.25) is 0 Å². The van der Waals surface area contributed by atoms with Crippen molar-refractivity contribution >= 4 is 47.2 Å². The average molecular weight is 791 g/mol. The Labute approximate surface area is 327 Å². The molecule has 2 N–H and O–H groups in total. The van der Waals surface area contributed by atoms with Gasteiger partial charge in [-0.3, -0.25) is 4.90 Å². The maximum Gasteiger partial charge on any atom is 0.319 e. The molecule has 8 rings (SSSR count). The zero-order chi connectivity index (χ0) is 39.0. The number of rotatable bonds is 8. The van der Waals surface area contributed by atoms with Crippen molar-refractivity contribution in [3.8, 4) is 34.5 Å². The number of halogens is 4. The van der Waals surface area contributed by atoms with Gasteiger partial charge in [-0.25, -0.2) is 18.2 Å². The van der Waals surface area contributed by atoms with Gasteiger partial charge in [-0.2, -0.15) is 9.97 Å². The summed E-state index contributed by atoms with van der Waals surface area (Å²) in [5.41, 5.74) is 4.05. The monoisotopic (exact) mass is 790 g/mol. The lowest BCUT2D eigenvalue weighted by atomic mass is 9.95. The number of phenolic OH excluding ortho intramolecular Hbond substituents is 1. The van der Waals surface area contributed by atoms with E-state index in [1.807, 2.05) is 0 Å². The molecule has 4 fully saturated rings. The minimum Gasteiger partial charge on any atom is -0.508 e. The summed E-state index contributed by atoms with van der Waals surface area (Å²) in [6, 6.07) is 6.25. The lowest BCUT2D eigenvalue weighted by Gasteiger charge is -2.38. The van der Waals surface area contributed by atoms with E-state index in [-0.39, 0.29) is 63.3 Å². The smallest absolute Gasteiger partial charge is 0.319 e. The van der Waals surface area contributed by atoms with Crippen LogP contribution in [0.2, 0.25) is 21.8 Å². The predicted molar refractivity (Wildman–Crippen MR) is 215 cm³/mol. The van der Waals surface area contributed by atoms with Crippen molar-refractivity contribution in [2.24, 2.45) is 0 Å². The van der Waals surface area contributed by atoms with Crippen LogP contribution in [0.5, 0.6) is 11.8 Å². The zero-order valence-corrected chi connectivity index (χ0v) is 34.2. The highest BCUT2D eigenvalue weighted by atomic mass is 35.5. The van der Waals surface area contributed by atoms with Crippen LogP contribution in [0.4, 0.5) is 19.0 Å². The van der Waals surface area contributed by atoms with Gasteiger partial charge < -0.3 is 20.1 Å². The number of hydrogen-bond donors (Lipinski definition) is 2. The van der Waals surface area contributed by atoms with E-state index in [4.69, 9.17) is 21.3 Å². The fourth-order valence-electron chi connectivity index (χ4n) is 10.5. The summed E-state index contributed by atoms with van der Waals surface area (Å²) >= 11 is 7.06. The highest BCUT2D eigenvalue weighted by Crippen LogP contribution is 2.45. The minimum atomic E-state index is -2.30. The van der Waals surface area contributed by atoms with E-state index in [9.17, 15) is 9.50 Å². The number of pyridine rings is 1. The molecule has 0 radical (unpaired) electrons. The summed E-state index contributed by atoms with van der Waals surface area (Å²) < 4.78 is 54.5. The van der Waals surface area contributed by atoms with Crippen LogP contribution in [0, 0.1) is 23.1 Å². The lowest BCUT2D eigenvalue weighted by Crippen LogP contribution is -2.51. The molecule has 2 bridgehead atoms. The Hall–Kier alpha value is -3.63. The maximum atomic E-state index is 17.5. The molecule has 55 heavy (non-hydrogen) atoms. The van der Waals surface area contributed by atoms with Crippen LogP contribution in [-0.4, -0.2) is 89.6 Å². The predicted octanol–water partition coefficient (Wildman–Crippen LogP) is 8.95. The molecule has 13 heteroatoms. The van der Waals surface area contributed by atoms with Crippen molar-refractivity contribution in [3.05, 3.63) is 46.6 Å². The number of piperazine rings is 1. The Bertz CT molecular complexity index is 2200. The molecular weight excluding hydrogens is 741 g/mol. The highest BCUT2D eigenvalue weighted by molar-refractivity contribution is 6.90. The standard InChI is InChI=1S/C42H50ClF3N6O2Si/c1-23(2)55(24(3)4,25(5)6)15-12-31-33(45)11-8-26-16-30(53)17-32(34(26)31)37-36(46)38-35(39(43)48-37)40(51-20-28-9-10-29(21-51)47-28)50-41(49-38)54-22-42-13-7-14-52(42)19-27(44)18-42/h8,11,16-17,23-25,27-29,47,53H,7,9-10,13-14,18-22H2,1-6H3/t27-,28?,29?,42+/m1/s1. The first-order valence-electron chi connectivity index (χ1n) is 19.8. The Kier molecular flexibility index (Phi) is 10.0. The van der Waals surface area contributed by atoms with Crippen LogP contribution in [0.1, 0.15) is 79.2 Å². The molecule has 4 aromatic rings. The van der Waals surface area contributed by atoms with Crippen molar-refractivity contribution in [2.75, 3.05) is 37.7 Å². The molecule has 6 heterocycles. The van der Waals surface area contributed by atoms with Crippen molar-refractivity contribution in [3.63, 3.8) is 0 Å². The second-order valence-corrected chi connectivity index (χ2v) is 23.1. The number of ether oxygens (including phenoxy) is 1. The summed E-state index contributed by atoms with van der Waals surface area (Å²) in [6.45, 7) is 15.7. The van der Waals surface area contributed by atoms with Crippen LogP contribution >= 0.6 is 11.6 Å². The van der Waals surface area contributed by atoms with Gasteiger partial charge in [0.1, 0.15) is 54.6 Å². The molecule has 4 saturated heterocycles. The average Bonchev–Trinajstić information content (AvgIpc) is 3.78. The van der Waals surface area contributed by atoms with Gasteiger partial charge in [0.25, 0.3) is 0 Å². The van der Waals surface area contributed by atoms with E-state index < -0.39 is 31.4 Å². The second-order valence-electron chi connectivity index (χ2n) is 17.2. The number of phenols is 1. The van der Waals surface area contributed by atoms with E-state index in [0.717, 1.165) is 32.2 Å².